The maximum Gasteiger partial charge on any atom is 0.407 e. The van der Waals surface area contributed by atoms with E-state index in [0.29, 0.717) is 25.1 Å². The number of carboxylic acid groups (broad SMARTS) is 1. The third-order valence-electron chi connectivity index (χ3n) is 6.73. The van der Waals surface area contributed by atoms with E-state index < -0.39 is 30.1 Å². The van der Waals surface area contributed by atoms with Crippen LogP contribution in [0.2, 0.25) is 0 Å². The van der Waals surface area contributed by atoms with Crippen molar-refractivity contribution in [2.75, 3.05) is 13.2 Å². The molecule has 3 aromatic rings. The van der Waals surface area contributed by atoms with E-state index in [1.54, 1.807) is 6.20 Å². The number of rotatable bonds is 7. The molecule has 9 heteroatoms. The predicted molar refractivity (Wildman–Crippen MR) is 127 cm³/mol. The maximum atomic E-state index is 13.3. The van der Waals surface area contributed by atoms with E-state index in [9.17, 15) is 19.5 Å². The van der Waals surface area contributed by atoms with Gasteiger partial charge in [-0.25, -0.2) is 14.6 Å². The Kier molecular flexibility index (Phi) is 6.22. The highest BCUT2D eigenvalue weighted by Gasteiger charge is 2.38. The Morgan fingerprint density at radius 1 is 1.11 bits per heavy atom. The summed E-state index contributed by atoms with van der Waals surface area (Å²) in [7, 11) is 0. The summed E-state index contributed by atoms with van der Waals surface area (Å²) in [6.45, 7) is 0.452. The molecular formula is C26H26N4O5. The summed E-state index contributed by atoms with van der Waals surface area (Å²) in [6.07, 6.45) is 3.47. The number of aromatic nitrogens is 2. The molecule has 3 N–H and O–H groups in total. The highest BCUT2D eigenvalue weighted by Crippen LogP contribution is 2.44. The highest BCUT2D eigenvalue weighted by molar-refractivity contribution is 5.90. The first-order valence-corrected chi connectivity index (χ1v) is 11.6. The van der Waals surface area contributed by atoms with Gasteiger partial charge < -0.3 is 25.0 Å². The number of hydrogen-bond donors (Lipinski definition) is 3. The average molecular weight is 475 g/mol. The predicted octanol–water partition coefficient (Wildman–Crippen LogP) is 2.94. The first-order valence-electron chi connectivity index (χ1n) is 11.6. The summed E-state index contributed by atoms with van der Waals surface area (Å²) in [4.78, 5) is 45.9. The average Bonchev–Trinajstić information content (AvgIpc) is 3.61. The van der Waals surface area contributed by atoms with Gasteiger partial charge in [-0.15, -0.1) is 0 Å². The Labute approximate surface area is 202 Å². The molecule has 0 unspecified atom stereocenters. The molecule has 1 aliphatic heterocycles. The first kappa shape index (κ1) is 22.6. The number of nitrogens with one attached hydrogen (secondary N) is 2. The number of ether oxygens (including phenoxy) is 1. The van der Waals surface area contributed by atoms with E-state index >= 15 is 0 Å². The number of aromatic amines is 1. The zero-order valence-electron chi connectivity index (χ0n) is 19.0. The topological polar surface area (TPSA) is 125 Å². The zero-order valence-corrected chi connectivity index (χ0v) is 19.0. The van der Waals surface area contributed by atoms with Crippen molar-refractivity contribution in [3.05, 3.63) is 77.9 Å². The fourth-order valence-electron chi connectivity index (χ4n) is 5.09. The van der Waals surface area contributed by atoms with Gasteiger partial charge in [-0.1, -0.05) is 48.5 Å². The van der Waals surface area contributed by atoms with Crippen LogP contribution in [0.3, 0.4) is 0 Å². The summed E-state index contributed by atoms with van der Waals surface area (Å²) >= 11 is 0. The summed E-state index contributed by atoms with van der Waals surface area (Å²) < 4.78 is 5.61. The van der Waals surface area contributed by atoms with Crippen molar-refractivity contribution in [1.29, 1.82) is 0 Å². The first-order chi connectivity index (χ1) is 17.0. The van der Waals surface area contributed by atoms with Crippen LogP contribution in [0.25, 0.3) is 11.1 Å². The zero-order chi connectivity index (χ0) is 24.4. The summed E-state index contributed by atoms with van der Waals surface area (Å²) in [5.74, 6) is -1.60. The number of aliphatic carboxylic acids is 1. The van der Waals surface area contributed by atoms with Crippen LogP contribution in [-0.2, 0) is 20.7 Å². The molecule has 2 atom stereocenters. The molecule has 0 saturated carbocycles. The van der Waals surface area contributed by atoms with Crippen molar-refractivity contribution in [3.8, 4) is 11.1 Å². The number of hydrogen-bond acceptors (Lipinski definition) is 5. The van der Waals surface area contributed by atoms with E-state index in [0.717, 1.165) is 22.3 Å². The molecule has 0 spiro atoms. The Bertz CT molecular complexity index is 1200. The van der Waals surface area contributed by atoms with Gasteiger partial charge in [0.05, 0.1) is 6.33 Å². The van der Waals surface area contributed by atoms with E-state index in [1.807, 2.05) is 36.4 Å². The SMILES string of the molecule is O=C(N[C@@H](Cc1cnc[nH]1)C(=O)N1CCC[C@H]1C(=O)O)OCC1c2ccccc2-c2ccccc21. The van der Waals surface area contributed by atoms with Crippen LogP contribution in [0.4, 0.5) is 4.79 Å². The van der Waals surface area contributed by atoms with Crippen molar-refractivity contribution < 1.29 is 24.2 Å². The highest BCUT2D eigenvalue weighted by atomic mass is 16.5. The van der Waals surface area contributed by atoms with Gasteiger partial charge >= 0.3 is 12.1 Å². The number of nitrogens with zero attached hydrogens (tertiary/aromatic N) is 2. The molecule has 0 bridgehead atoms. The number of carbonyl (C=O) groups is 3. The lowest BCUT2D eigenvalue weighted by Crippen LogP contribution is -2.52. The lowest BCUT2D eigenvalue weighted by atomic mass is 9.98. The van der Waals surface area contributed by atoms with E-state index in [-0.39, 0.29) is 18.9 Å². The van der Waals surface area contributed by atoms with Crippen molar-refractivity contribution in [2.45, 2.75) is 37.3 Å². The molecule has 1 aliphatic carbocycles. The number of H-pyrrole nitrogens is 1. The molecule has 2 aliphatic rings. The van der Waals surface area contributed by atoms with Crippen LogP contribution in [0.5, 0.6) is 0 Å². The Balaban J connectivity index is 1.30. The van der Waals surface area contributed by atoms with Crippen molar-refractivity contribution in [1.82, 2.24) is 20.2 Å². The fraction of sp³-hybridized carbons (Fsp3) is 0.308. The number of fused-ring (bicyclic) bond motifs is 3. The summed E-state index contributed by atoms with van der Waals surface area (Å²) in [5, 5.41) is 12.2. The Morgan fingerprint density at radius 2 is 1.80 bits per heavy atom. The van der Waals surface area contributed by atoms with Gasteiger partial charge in [0.2, 0.25) is 5.91 Å². The number of alkyl carbamates (subject to hydrolysis) is 1. The van der Waals surface area contributed by atoms with Crippen molar-refractivity contribution in [2.24, 2.45) is 0 Å². The molecular weight excluding hydrogens is 448 g/mol. The standard InChI is InChI=1S/C26H26N4O5/c31-24(30-11-5-10-23(30)25(32)33)22(12-16-13-27-15-28-16)29-26(34)35-14-21-19-8-3-1-6-17(19)18-7-2-4-9-20(18)21/h1-4,6-9,13,15,21-23H,5,10-12,14H2,(H,27,28)(H,29,34)(H,32,33)/t22-,23-/m0/s1. The van der Waals surface area contributed by atoms with Crippen molar-refractivity contribution in [3.63, 3.8) is 0 Å². The minimum atomic E-state index is -1.04. The largest absolute Gasteiger partial charge is 0.480 e. The number of likely N-dealkylation sites (tertiary alicyclic amines) is 1. The van der Waals surface area contributed by atoms with Gasteiger partial charge in [0.25, 0.3) is 0 Å². The third kappa shape index (κ3) is 4.49. The molecule has 5 rings (SSSR count). The molecule has 9 nitrogen and oxygen atoms in total. The van der Waals surface area contributed by atoms with E-state index in [2.05, 4.69) is 27.4 Å². The number of carboxylic acids is 1. The lowest BCUT2D eigenvalue weighted by molar-refractivity contribution is -0.149. The molecule has 0 radical (unpaired) electrons. The normalized spacial score (nSPS) is 17.5. The van der Waals surface area contributed by atoms with Crippen LogP contribution >= 0.6 is 0 Å². The molecule has 1 aromatic heterocycles. The molecule has 2 heterocycles. The van der Waals surface area contributed by atoms with Crippen molar-refractivity contribution >= 4 is 18.0 Å². The van der Waals surface area contributed by atoms with Crippen LogP contribution in [0, 0.1) is 0 Å². The summed E-state index contributed by atoms with van der Waals surface area (Å²) in [6, 6.07) is 14.2. The second kappa shape index (κ2) is 9.61. The van der Waals surface area contributed by atoms with E-state index in [4.69, 9.17) is 4.74 Å². The number of imidazole rings is 1. The monoisotopic (exact) mass is 474 g/mol. The Hall–Kier alpha value is -4.14. The quantitative estimate of drug-likeness (QED) is 0.484. The molecule has 1 fully saturated rings. The van der Waals surface area contributed by atoms with Gasteiger partial charge in [-0.2, -0.15) is 0 Å². The van der Waals surface area contributed by atoms with Gasteiger partial charge in [0.1, 0.15) is 18.7 Å². The maximum absolute atomic E-state index is 13.3. The molecule has 2 aromatic carbocycles. The van der Waals surface area contributed by atoms with Crippen LogP contribution in [-0.4, -0.2) is 63.2 Å². The fourth-order valence-corrected chi connectivity index (χ4v) is 5.09. The Morgan fingerprint density at radius 3 is 2.43 bits per heavy atom. The molecule has 1 saturated heterocycles. The second-order valence-corrected chi connectivity index (χ2v) is 8.83. The van der Waals surface area contributed by atoms with Gasteiger partial charge in [-0.05, 0) is 35.1 Å². The minimum Gasteiger partial charge on any atom is -0.480 e. The molecule has 180 valence electrons. The van der Waals surface area contributed by atoms with Crippen LogP contribution in [0.1, 0.15) is 35.6 Å². The van der Waals surface area contributed by atoms with Gasteiger partial charge in [0.15, 0.2) is 0 Å². The van der Waals surface area contributed by atoms with Crippen LogP contribution < -0.4 is 5.32 Å². The molecule has 2 amide bonds. The van der Waals surface area contributed by atoms with E-state index in [1.165, 1.54) is 11.2 Å². The lowest BCUT2D eigenvalue weighted by Gasteiger charge is -2.27. The molecule has 35 heavy (non-hydrogen) atoms. The smallest absolute Gasteiger partial charge is 0.407 e. The minimum absolute atomic E-state index is 0.107. The van der Waals surface area contributed by atoms with Gasteiger partial charge in [0, 0.05) is 30.8 Å². The third-order valence-corrected chi connectivity index (χ3v) is 6.73. The number of carbonyl (C=O) groups excluding carboxylic acids is 2. The van der Waals surface area contributed by atoms with Gasteiger partial charge in [-0.3, -0.25) is 4.79 Å². The van der Waals surface area contributed by atoms with Crippen LogP contribution in [0.15, 0.2) is 61.1 Å². The number of benzene rings is 2. The second-order valence-electron chi connectivity index (χ2n) is 8.83. The number of amides is 2. The summed E-state index contributed by atoms with van der Waals surface area (Å²) in [5.41, 5.74) is 5.07.